The molecule has 1 atom stereocenters. The van der Waals surface area contributed by atoms with Gasteiger partial charge in [0.1, 0.15) is 28.5 Å². The molecule has 0 N–H and O–H groups in total. The highest BCUT2D eigenvalue weighted by atomic mass is 16.6. The van der Waals surface area contributed by atoms with Crippen LogP contribution in [0.25, 0.3) is 0 Å². The van der Waals surface area contributed by atoms with E-state index in [0.717, 1.165) is 24.5 Å². The van der Waals surface area contributed by atoms with Gasteiger partial charge in [-0.05, 0) is 51.1 Å². The number of esters is 1. The SMILES string of the molecule is CN1CCN=C1c1cccc(OC2=NC(Oc3cc(C#N)ccc3C(=O)OC(C)(C)C)CC=N2)c1. The number of amidine groups is 2. The van der Waals surface area contributed by atoms with Crippen molar-refractivity contribution < 1.29 is 19.0 Å². The fraction of sp³-hybridized carbons (Fsp3) is 0.346. The molecule has 9 nitrogen and oxygen atoms in total. The molecule has 0 fully saturated rings. The Morgan fingerprint density at radius 1 is 1.20 bits per heavy atom. The van der Waals surface area contributed by atoms with Crippen LogP contribution in [0.15, 0.2) is 57.4 Å². The molecule has 2 heterocycles. The fourth-order valence-electron chi connectivity index (χ4n) is 3.54. The van der Waals surface area contributed by atoms with Gasteiger partial charge in [-0.2, -0.15) is 10.3 Å². The lowest BCUT2D eigenvalue weighted by molar-refractivity contribution is 0.00644. The molecule has 2 aromatic rings. The van der Waals surface area contributed by atoms with E-state index in [9.17, 15) is 10.1 Å². The van der Waals surface area contributed by atoms with Crippen LogP contribution in [-0.4, -0.2) is 60.9 Å². The Kier molecular flexibility index (Phi) is 6.82. The number of likely N-dealkylation sites (N-methyl/N-ethyl adjacent to an activating group) is 1. The third-order valence-corrected chi connectivity index (χ3v) is 5.12. The first kappa shape index (κ1) is 24.0. The Bertz CT molecular complexity index is 1250. The van der Waals surface area contributed by atoms with Crippen molar-refractivity contribution >= 4 is 24.0 Å². The maximum absolute atomic E-state index is 12.7. The zero-order valence-electron chi connectivity index (χ0n) is 20.2. The number of ether oxygens (including phenoxy) is 3. The first-order valence-electron chi connectivity index (χ1n) is 11.3. The van der Waals surface area contributed by atoms with Crippen LogP contribution in [0.3, 0.4) is 0 Å². The summed E-state index contributed by atoms with van der Waals surface area (Å²) in [5.74, 6) is 1.16. The maximum atomic E-state index is 12.7. The highest BCUT2D eigenvalue weighted by Gasteiger charge is 2.24. The lowest BCUT2D eigenvalue weighted by Crippen LogP contribution is -2.26. The van der Waals surface area contributed by atoms with Crippen molar-refractivity contribution in [2.75, 3.05) is 20.1 Å². The monoisotopic (exact) mass is 473 g/mol. The lowest BCUT2D eigenvalue weighted by Gasteiger charge is -2.22. The topological polar surface area (TPSA) is 109 Å². The minimum absolute atomic E-state index is 0.135. The number of aliphatic imine (C=N–C) groups is 3. The molecule has 0 spiro atoms. The smallest absolute Gasteiger partial charge is 0.342 e. The van der Waals surface area contributed by atoms with E-state index >= 15 is 0 Å². The molecule has 2 aliphatic rings. The summed E-state index contributed by atoms with van der Waals surface area (Å²) < 4.78 is 17.4. The lowest BCUT2D eigenvalue weighted by atomic mass is 10.1. The number of hydrogen-bond acceptors (Lipinski definition) is 9. The molecular weight excluding hydrogens is 446 g/mol. The maximum Gasteiger partial charge on any atom is 0.342 e. The molecule has 0 amide bonds. The minimum Gasteiger partial charge on any atom is -0.467 e. The van der Waals surface area contributed by atoms with Gasteiger partial charge in [-0.3, -0.25) is 4.99 Å². The van der Waals surface area contributed by atoms with Gasteiger partial charge < -0.3 is 19.1 Å². The van der Waals surface area contributed by atoms with Crippen molar-refractivity contribution in [2.45, 2.75) is 39.0 Å². The molecule has 9 heteroatoms. The molecule has 4 rings (SSSR count). The predicted octanol–water partition coefficient (Wildman–Crippen LogP) is 3.82. The number of rotatable bonds is 5. The normalized spacial score (nSPS) is 17.3. The zero-order valence-corrected chi connectivity index (χ0v) is 20.2. The summed E-state index contributed by atoms with van der Waals surface area (Å²) in [4.78, 5) is 28.0. The highest BCUT2D eigenvalue weighted by molar-refractivity contribution is 6.00. The van der Waals surface area contributed by atoms with Crippen molar-refractivity contribution in [3.8, 4) is 17.6 Å². The average molecular weight is 474 g/mol. The third kappa shape index (κ3) is 6.03. The Labute approximate surface area is 204 Å². The molecule has 2 aliphatic heterocycles. The second-order valence-corrected chi connectivity index (χ2v) is 9.11. The van der Waals surface area contributed by atoms with Crippen molar-refractivity contribution in [1.29, 1.82) is 5.26 Å². The molecule has 1 unspecified atom stereocenters. The molecule has 0 saturated carbocycles. The first-order valence-corrected chi connectivity index (χ1v) is 11.3. The Balaban J connectivity index is 1.52. The number of nitrogens with zero attached hydrogens (tertiary/aromatic N) is 5. The molecular formula is C26H27N5O4. The average Bonchev–Trinajstić information content (AvgIpc) is 3.24. The molecule has 0 aliphatic carbocycles. The molecule has 35 heavy (non-hydrogen) atoms. The Morgan fingerprint density at radius 2 is 2.03 bits per heavy atom. The van der Waals surface area contributed by atoms with Gasteiger partial charge in [0.2, 0.25) is 0 Å². The zero-order chi connectivity index (χ0) is 25.0. The van der Waals surface area contributed by atoms with Gasteiger partial charge in [-0.25, -0.2) is 9.79 Å². The van der Waals surface area contributed by atoms with Crippen molar-refractivity contribution in [3.05, 3.63) is 59.2 Å². The molecule has 0 bridgehead atoms. The fourth-order valence-corrected chi connectivity index (χ4v) is 3.54. The number of benzene rings is 2. The summed E-state index contributed by atoms with van der Waals surface area (Å²) in [6.07, 6.45) is 1.33. The quantitative estimate of drug-likeness (QED) is 0.611. The second kappa shape index (κ2) is 9.97. The van der Waals surface area contributed by atoms with E-state index in [1.165, 1.54) is 12.1 Å². The third-order valence-electron chi connectivity index (χ3n) is 5.12. The van der Waals surface area contributed by atoms with Gasteiger partial charge >= 0.3 is 12.0 Å². The highest BCUT2D eigenvalue weighted by Crippen LogP contribution is 2.26. The van der Waals surface area contributed by atoms with Gasteiger partial charge in [0.25, 0.3) is 0 Å². The van der Waals surface area contributed by atoms with E-state index in [4.69, 9.17) is 14.2 Å². The van der Waals surface area contributed by atoms with E-state index in [0.29, 0.717) is 17.7 Å². The number of carbonyl (C=O) groups excluding carboxylic acids is 1. The molecule has 180 valence electrons. The van der Waals surface area contributed by atoms with Crippen LogP contribution in [0.1, 0.15) is 48.7 Å². The van der Waals surface area contributed by atoms with Gasteiger partial charge in [0, 0.05) is 31.8 Å². The summed E-state index contributed by atoms with van der Waals surface area (Å²) in [7, 11) is 2.00. The molecule has 2 aromatic carbocycles. The summed E-state index contributed by atoms with van der Waals surface area (Å²) in [6, 6.07) is 14.3. The van der Waals surface area contributed by atoms with E-state index in [1.807, 2.05) is 31.3 Å². The second-order valence-electron chi connectivity index (χ2n) is 9.11. The van der Waals surface area contributed by atoms with E-state index < -0.39 is 17.8 Å². The largest absolute Gasteiger partial charge is 0.467 e. The number of hydrogen-bond donors (Lipinski definition) is 0. The molecule has 0 aromatic heterocycles. The van der Waals surface area contributed by atoms with Crippen LogP contribution < -0.4 is 9.47 Å². The van der Waals surface area contributed by atoms with Crippen LogP contribution in [0, 0.1) is 11.3 Å². The van der Waals surface area contributed by atoms with E-state index in [2.05, 4.69) is 25.9 Å². The van der Waals surface area contributed by atoms with Crippen LogP contribution in [0.4, 0.5) is 0 Å². The van der Waals surface area contributed by atoms with E-state index in [1.54, 1.807) is 33.1 Å². The molecule has 0 saturated heterocycles. The van der Waals surface area contributed by atoms with Gasteiger partial charge in [-0.1, -0.05) is 12.1 Å². The summed E-state index contributed by atoms with van der Waals surface area (Å²) >= 11 is 0. The Morgan fingerprint density at radius 3 is 2.74 bits per heavy atom. The Hall–Kier alpha value is -4.19. The summed E-state index contributed by atoms with van der Waals surface area (Å²) in [6.45, 7) is 7.01. The number of carbonyl (C=O) groups is 1. The minimum atomic E-state index is -0.689. The van der Waals surface area contributed by atoms with Crippen LogP contribution in [-0.2, 0) is 4.74 Å². The standard InChI is InChI=1S/C26H27N5O4/c1-26(2,3)35-24(32)20-9-8-17(16-27)14-21(20)34-22-10-11-29-25(30-22)33-19-7-5-6-18(15-19)23-28-12-13-31(23)4/h5-9,11,14-15,22H,10,12-13H2,1-4H3. The van der Waals surface area contributed by atoms with Crippen LogP contribution >= 0.6 is 0 Å². The van der Waals surface area contributed by atoms with Crippen molar-refractivity contribution in [1.82, 2.24) is 4.90 Å². The van der Waals surface area contributed by atoms with Gasteiger partial charge in [0.15, 0.2) is 6.23 Å². The van der Waals surface area contributed by atoms with Crippen molar-refractivity contribution in [2.24, 2.45) is 15.0 Å². The van der Waals surface area contributed by atoms with E-state index in [-0.39, 0.29) is 17.3 Å². The van der Waals surface area contributed by atoms with Crippen molar-refractivity contribution in [3.63, 3.8) is 0 Å². The molecule has 0 radical (unpaired) electrons. The first-order chi connectivity index (χ1) is 16.7. The van der Waals surface area contributed by atoms with Crippen LogP contribution in [0.5, 0.6) is 11.5 Å². The number of nitriles is 1. The van der Waals surface area contributed by atoms with Gasteiger partial charge in [-0.15, -0.1) is 0 Å². The summed E-state index contributed by atoms with van der Waals surface area (Å²) in [5.41, 5.74) is 0.847. The van der Waals surface area contributed by atoms with Crippen LogP contribution in [0.2, 0.25) is 0 Å². The summed E-state index contributed by atoms with van der Waals surface area (Å²) in [5, 5.41) is 9.31. The van der Waals surface area contributed by atoms with Gasteiger partial charge in [0.05, 0.1) is 18.2 Å². The predicted molar refractivity (Wildman–Crippen MR) is 132 cm³/mol.